The zero-order valence-electron chi connectivity index (χ0n) is 10.0. The van der Waals surface area contributed by atoms with Gasteiger partial charge in [0.15, 0.2) is 0 Å². The Kier molecular flexibility index (Phi) is 2.03. The molecule has 0 bridgehead atoms. The van der Waals surface area contributed by atoms with E-state index in [-0.39, 0.29) is 0 Å². The molecule has 0 aliphatic heterocycles. The molecule has 0 radical (unpaired) electrons. The molecule has 0 saturated heterocycles. The number of nitrogens with zero attached hydrogens (tertiary/aromatic N) is 3. The lowest BCUT2D eigenvalue weighted by Crippen LogP contribution is -1.98. The summed E-state index contributed by atoms with van der Waals surface area (Å²) in [6, 6.07) is 4.19. The number of nitrogens with one attached hydrogen (secondary N) is 1. The molecule has 4 heteroatoms. The number of pyridine rings is 1. The van der Waals surface area contributed by atoms with E-state index in [0.717, 1.165) is 34.6 Å². The van der Waals surface area contributed by atoms with Gasteiger partial charge in [0, 0.05) is 41.6 Å². The summed E-state index contributed by atoms with van der Waals surface area (Å²) in [4.78, 5) is 7.51. The van der Waals surface area contributed by atoms with E-state index in [0.29, 0.717) is 0 Å². The van der Waals surface area contributed by atoms with E-state index < -0.39 is 0 Å². The summed E-state index contributed by atoms with van der Waals surface area (Å²) in [6.07, 6.45) is 10.6. The highest BCUT2D eigenvalue weighted by Crippen LogP contribution is 2.31. The fourth-order valence-electron chi connectivity index (χ4n) is 2.28. The van der Waals surface area contributed by atoms with Crippen molar-refractivity contribution < 1.29 is 0 Å². The first-order valence-electron chi connectivity index (χ1n) is 6.34. The number of hydrogen-bond donors (Lipinski definition) is 1. The standard InChI is InChI=1S/C14H14N4/c1-2-10(1)8-18-9-13(7-17-18)12-5-11-3-4-15-14(11)16-6-12/h3-7,9-10H,1-2,8H2,(H,15,16). The van der Waals surface area contributed by atoms with Crippen LogP contribution in [-0.4, -0.2) is 19.7 Å². The van der Waals surface area contributed by atoms with E-state index in [9.17, 15) is 0 Å². The molecule has 0 amide bonds. The van der Waals surface area contributed by atoms with Gasteiger partial charge in [0.05, 0.1) is 6.20 Å². The van der Waals surface area contributed by atoms with Gasteiger partial charge in [-0.2, -0.15) is 5.10 Å². The normalized spacial score (nSPS) is 15.3. The van der Waals surface area contributed by atoms with Crippen molar-refractivity contribution in [2.45, 2.75) is 19.4 Å². The molecule has 4 nitrogen and oxygen atoms in total. The van der Waals surface area contributed by atoms with Crippen LogP contribution in [0.1, 0.15) is 12.8 Å². The maximum absolute atomic E-state index is 4.42. The number of aromatic nitrogens is 4. The van der Waals surface area contributed by atoms with Crippen LogP contribution in [0.4, 0.5) is 0 Å². The van der Waals surface area contributed by atoms with E-state index >= 15 is 0 Å². The molecule has 0 aromatic carbocycles. The maximum Gasteiger partial charge on any atom is 0.137 e. The van der Waals surface area contributed by atoms with Crippen molar-refractivity contribution in [1.29, 1.82) is 0 Å². The topological polar surface area (TPSA) is 46.5 Å². The van der Waals surface area contributed by atoms with Crippen LogP contribution in [0.15, 0.2) is 36.9 Å². The smallest absolute Gasteiger partial charge is 0.137 e. The third-order valence-corrected chi connectivity index (χ3v) is 3.51. The first-order chi connectivity index (χ1) is 8.88. The van der Waals surface area contributed by atoms with Crippen molar-refractivity contribution in [2.75, 3.05) is 0 Å². The third kappa shape index (κ3) is 1.70. The maximum atomic E-state index is 4.42. The highest BCUT2D eigenvalue weighted by Gasteiger charge is 2.22. The minimum atomic E-state index is 0.850. The van der Waals surface area contributed by atoms with Crippen molar-refractivity contribution >= 4 is 11.0 Å². The van der Waals surface area contributed by atoms with Gasteiger partial charge in [-0.25, -0.2) is 4.98 Å². The molecule has 1 aliphatic carbocycles. The van der Waals surface area contributed by atoms with Gasteiger partial charge in [0.25, 0.3) is 0 Å². The quantitative estimate of drug-likeness (QED) is 0.762. The Morgan fingerprint density at radius 3 is 3.11 bits per heavy atom. The number of aromatic amines is 1. The molecule has 1 N–H and O–H groups in total. The summed E-state index contributed by atoms with van der Waals surface area (Å²) < 4.78 is 2.05. The van der Waals surface area contributed by atoms with Crippen molar-refractivity contribution in [3.8, 4) is 11.1 Å². The molecule has 3 heterocycles. The highest BCUT2D eigenvalue weighted by molar-refractivity contribution is 5.80. The van der Waals surface area contributed by atoms with Crippen LogP contribution in [-0.2, 0) is 6.54 Å². The Labute approximate surface area is 105 Å². The lowest BCUT2D eigenvalue weighted by atomic mass is 10.1. The van der Waals surface area contributed by atoms with Crippen LogP contribution in [0.2, 0.25) is 0 Å². The van der Waals surface area contributed by atoms with Gasteiger partial charge in [-0.3, -0.25) is 4.68 Å². The number of fused-ring (bicyclic) bond motifs is 1. The lowest BCUT2D eigenvalue weighted by Gasteiger charge is -1.98. The zero-order valence-corrected chi connectivity index (χ0v) is 10.0. The van der Waals surface area contributed by atoms with E-state index in [1.165, 1.54) is 12.8 Å². The SMILES string of the molecule is c1cc2cc(-c3cnn(CC4CC4)c3)cnc2[nH]1. The fraction of sp³-hybridized carbons (Fsp3) is 0.286. The summed E-state index contributed by atoms with van der Waals surface area (Å²) in [5.74, 6) is 0.850. The van der Waals surface area contributed by atoms with Crippen molar-refractivity contribution in [3.63, 3.8) is 0 Å². The fourth-order valence-corrected chi connectivity index (χ4v) is 2.28. The number of hydrogen-bond acceptors (Lipinski definition) is 2. The number of H-pyrrole nitrogens is 1. The molecule has 1 saturated carbocycles. The van der Waals surface area contributed by atoms with Gasteiger partial charge >= 0.3 is 0 Å². The molecular weight excluding hydrogens is 224 g/mol. The first-order valence-corrected chi connectivity index (χ1v) is 6.34. The van der Waals surface area contributed by atoms with Crippen molar-refractivity contribution in [3.05, 3.63) is 36.9 Å². The highest BCUT2D eigenvalue weighted by atomic mass is 15.3. The Morgan fingerprint density at radius 2 is 2.22 bits per heavy atom. The minimum absolute atomic E-state index is 0.850. The molecule has 0 spiro atoms. The number of rotatable bonds is 3. The molecule has 1 aliphatic rings. The van der Waals surface area contributed by atoms with E-state index in [1.807, 2.05) is 29.3 Å². The summed E-state index contributed by atoms with van der Waals surface area (Å²) in [7, 11) is 0. The molecule has 90 valence electrons. The summed E-state index contributed by atoms with van der Waals surface area (Å²) in [6.45, 7) is 1.06. The predicted octanol–water partition coefficient (Wildman–Crippen LogP) is 2.84. The second kappa shape index (κ2) is 3.70. The summed E-state index contributed by atoms with van der Waals surface area (Å²) >= 11 is 0. The second-order valence-electron chi connectivity index (χ2n) is 5.03. The van der Waals surface area contributed by atoms with Gasteiger partial charge in [0.1, 0.15) is 5.65 Å². The van der Waals surface area contributed by atoms with E-state index in [1.54, 1.807) is 0 Å². The van der Waals surface area contributed by atoms with Crippen LogP contribution in [0.25, 0.3) is 22.2 Å². The van der Waals surface area contributed by atoms with E-state index in [2.05, 4.69) is 27.3 Å². The Bertz CT molecular complexity index is 690. The Hall–Kier alpha value is -2.10. The molecule has 18 heavy (non-hydrogen) atoms. The Morgan fingerprint density at radius 1 is 1.28 bits per heavy atom. The van der Waals surface area contributed by atoms with Crippen LogP contribution < -0.4 is 0 Å². The van der Waals surface area contributed by atoms with Crippen LogP contribution in [0, 0.1) is 5.92 Å². The first kappa shape index (κ1) is 9.88. The van der Waals surface area contributed by atoms with Gasteiger partial charge < -0.3 is 4.98 Å². The molecule has 3 aromatic heterocycles. The molecular formula is C14H14N4. The second-order valence-corrected chi connectivity index (χ2v) is 5.03. The lowest BCUT2D eigenvalue weighted by molar-refractivity contribution is 0.563. The monoisotopic (exact) mass is 238 g/mol. The van der Waals surface area contributed by atoms with Gasteiger partial charge in [-0.1, -0.05) is 0 Å². The van der Waals surface area contributed by atoms with Crippen LogP contribution >= 0.6 is 0 Å². The average molecular weight is 238 g/mol. The molecule has 0 atom stereocenters. The van der Waals surface area contributed by atoms with Gasteiger partial charge in [-0.05, 0) is 30.9 Å². The minimum Gasteiger partial charge on any atom is -0.346 e. The molecule has 4 rings (SSSR count). The van der Waals surface area contributed by atoms with Crippen LogP contribution in [0.5, 0.6) is 0 Å². The van der Waals surface area contributed by atoms with E-state index in [4.69, 9.17) is 0 Å². The van der Waals surface area contributed by atoms with Gasteiger partial charge in [0.2, 0.25) is 0 Å². The van der Waals surface area contributed by atoms with Crippen molar-refractivity contribution in [2.24, 2.45) is 5.92 Å². The summed E-state index contributed by atoms with van der Waals surface area (Å²) in [5.41, 5.74) is 3.21. The predicted molar refractivity (Wildman–Crippen MR) is 70.0 cm³/mol. The molecule has 3 aromatic rings. The van der Waals surface area contributed by atoms with Crippen molar-refractivity contribution in [1.82, 2.24) is 19.7 Å². The zero-order chi connectivity index (χ0) is 11.9. The average Bonchev–Trinajstić information content (AvgIpc) is 2.91. The molecule has 0 unspecified atom stereocenters. The Balaban J connectivity index is 1.69. The third-order valence-electron chi connectivity index (χ3n) is 3.51. The summed E-state index contributed by atoms with van der Waals surface area (Å²) in [5, 5.41) is 5.56. The van der Waals surface area contributed by atoms with Crippen LogP contribution in [0.3, 0.4) is 0 Å². The largest absolute Gasteiger partial charge is 0.346 e. The molecule has 1 fully saturated rings. The van der Waals surface area contributed by atoms with Gasteiger partial charge in [-0.15, -0.1) is 0 Å².